The maximum Gasteiger partial charge on any atom is 0.251 e. The molecule has 1 aromatic heterocycles. The van der Waals surface area contributed by atoms with E-state index in [-0.39, 0.29) is 29.5 Å². The van der Waals surface area contributed by atoms with Crippen LogP contribution in [0.1, 0.15) is 36.1 Å². The number of rotatable bonds is 8. The van der Waals surface area contributed by atoms with Crippen molar-refractivity contribution in [1.82, 2.24) is 20.1 Å². The summed E-state index contributed by atoms with van der Waals surface area (Å²) in [4.78, 5) is 24.9. The van der Waals surface area contributed by atoms with Crippen LogP contribution in [0.15, 0.2) is 64.2 Å². The second kappa shape index (κ2) is 10.6. The highest BCUT2D eigenvalue weighted by Gasteiger charge is 2.25. The van der Waals surface area contributed by atoms with Crippen molar-refractivity contribution in [2.75, 3.05) is 11.1 Å². The summed E-state index contributed by atoms with van der Waals surface area (Å²) < 4.78 is 2.72. The number of carbonyl (C=O) groups is 2. The lowest BCUT2D eigenvalue weighted by Crippen LogP contribution is -2.33. The van der Waals surface area contributed by atoms with E-state index in [9.17, 15) is 9.59 Å². The number of anilines is 1. The summed E-state index contributed by atoms with van der Waals surface area (Å²) in [6, 6.07) is 16.2. The van der Waals surface area contributed by atoms with E-state index in [0.717, 1.165) is 10.2 Å². The Balaban J connectivity index is 1.65. The molecule has 162 valence electrons. The Morgan fingerprint density at radius 1 is 1.10 bits per heavy atom. The predicted molar refractivity (Wildman–Crippen MR) is 126 cm³/mol. The van der Waals surface area contributed by atoms with Gasteiger partial charge in [-0.15, -0.1) is 10.2 Å². The number of hydrogen-bond donors (Lipinski definition) is 2. The van der Waals surface area contributed by atoms with E-state index < -0.39 is 0 Å². The van der Waals surface area contributed by atoms with E-state index in [1.54, 1.807) is 12.1 Å². The molecule has 3 aromatic rings. The van der Waals surface area contributed by atoms with Gasteiger partial charge in [0, 0.05) is 22.8 Å². The first-order valence-corrected chi connectivity index (χ1v) is 11.6. The summed E-state index contributed by atoms with van der Waals surface area (Å²) in [5.74, 6) is 0.652. The zero-order valence-corrected chi connectivity index (χ0v) is 19.9. The first-order chi connectivity index (χ1) is 14.8. The van der Waals surface area contributed by atoms with Crippen molar-refractivity contribution in [2.45, 2.75) is 25.0 Å². The number of hydrogen-bond acceptors (Lipinski definition) is 5. The molecule has 0 bridgehead atoms. The van der Waals surface area contributed by atoms with Crippen LogP contribution in [0.4, 0.5) is 5.69 Å². The van der Waals surface area contributed by atoms with E-state index in [1.807, 2.05) is 67.9 Å². The molecule has 2 amide bonds. The summed E-state index contributed by atoms with van der Waals surface area (Å²) in [6.07, 6.45) is 0. The Bertz CT molecular complexity index is 1060. The van der Waals surface area contributed by atoms with Gasteiger partial charge < -0.3 is 15.2 Å². The van der Waals surface area contributed by atoms with Gasteiger partial charge in [-0.05, 0) is 36.2 Å². The highest BCUT2D eigenvalue weighted by atomic mass is 79.9. The molecular formula is C22H24BrN5O2S. The van der Waals surface area contributed by atoms with Gasteiger partial charge in [0.25, 0.3) is 5.91 Å². The largest absolute Gasteiger partial charge is 0.342 e. The van der Waals surface area contributed by atoms with Crippen LogP contribution < -0.4 is 10.6 Å². The zero-order chi connectivity index (χ0) is 22.4. The Morgan fingerprint density at radius 3 is 2.52 bits per heavy atom. The number of amides is 2. The fourth-order valence-corrected chi connectivity index (χ4v) is 4.08. The molecule has 2 N–H and O–H groups in total. The summed E-state index contributed by atoms with van der Waals surface area (Å²) in [5, 5.41) is 15.0. The number of nitrogens with zero attached hydrogens (tertiary/aromatic N) is 3. The van der Waals surface area contributed by atoms with Crippen molar-refractivity contribution in [2.24, 2.45) is 13.0 Å². The highest BCUT2D eigenvalue weighted by Crippen LogP contribution is 2.25. The van der Waals surface area contributed by atoms with Gasteiger partial charge in [-0.25, -0.2) is 0 Å². The van der Waals surface area contributed by atoms with Crippen LogP contribution in [0, 0.1) is 5.92 Å². The fraction of sp³-hybridized carbons (Fsp3) is 0.273. The van der Waals surface area contributed by atoms with Crippen LogP contribution in [0.5, 0.6) is 0 Å². The number of nitrogens with one attached hydrogen (secondary N) is 2. The Hall–Kier alpha value is -2.65. The van der Waals surface area contributed by atoms with Crippen molar-refractivity contribution in [3.8, 4) is 0 Å². The second-order valence-electron chi connectivity index (χ2n) is 7.31. The molecule has 1 atom stereocenters. The first-order valence-electron chi connectivity index (χ1n) is 9.78. The van der Waals surface area contributed by atoms with Gasteiger partial charge in [0.15, 0.2) is 11.0 Å². The molecule has 0 radical (unpaired) electrons. The molecule has 2 aromatic carbocycles. The molecule has 1 unspecified atom stereocenters. The minimum atomic E-state index is -0.310. The van der Waals surface area contributed by atoms with E-state index in [0.29, 0.717) is 16.5 Å². The lowest BCUT2D eigenvalue weighted by atomic mass is 10.0. The third-order valence-corrected chi connectivity index (χ3v) is 6.09. The Labute approximate surface area is 194 Å². The average Bonchev–Trinajstić information content (AvgIpc) is 3.10. The van der Waals surface area contributed by atoms with E-state index in [1.165, 1.54) is 11.8 Å². The van der Waals surface area contributed by atoms with Crippen LogP contribution >= 0.6 is 27.7 Å². The average molecular weight is 502 g/mol. The quantitative estimate of drug-likeness (QED) is 0.445. The zero-order valence-electron chi connectivity index (χ0n) is 17.5. The summed E-state index contributed by atoms with van der Waals surface area (Å²) in [7, 11) is 1.84. The Kier molecular flexibility index (Phi) is 7.86. The normalized spacial score (nSPS) is 11.9. The van der Waals surface area contributed by atoms with Crippen molar-refractivity contribution >= 4 is 45.2 Å². The summed E-state index contributed by atoms with van der Waals surface area (Å²) in [5.41, 5.74) is 1.32. The topological polar surface area (TPSA) is 88.9 Å². The SMILES string of the molecule is CC(C)C(NC(=O)c1ccccc1)c1nnc(SCC(=O)Nc2cccc(Br)c2)n1C. The highest BCUT2D eigenvalue weighted by molar-refractivity contribution is 9.10. The summed E-state index contributed by atoms with van der Waals surface area (Å²) >= 11 is 4.69. The Morgan fingerprint density at radius 2 is 1.84 bits per heavy atom. The molecule has 3 rings (SSSR count). The standard InChI is InChI=1S/C22H24BrN5O2S/c1-14(2)19(25-21(30)15-8-5-4-6-9-15)20-26-27-22(28(20)3)31-13-18(29)24-17-11-7-10-16(23)12-17/h4-12,14,19H,13H2,1-3H3,(H,24,29)(H,25,30). The van der Waals surface area contributed by atoms with Crippen molar-refractivity contribution in [3.63, 3.8) is 0 Å². The molecule has 0 aliphatic rings. The minimum absolute atomic E-state index is 0.105. The third-order valence-electron chi connectivity index (χ3n) is 4.58. The van der Waals surface area contributed by atoms with Gasteiger partial charge in [0.2, 0.25) is 5.91 Å². The van der Waals surface area contributed by atoms with E-state index in [2.05, 4.69) is 36.8 Å². The molecule has 0 saturated heterocycles. The van der Waals surface area contributed by atoms with Gasteiger partial charge >= 0.3 is 0 Å². The minimum Gasteiger partial charge on any atom is -0.342 e. The van der Waals surface area contributed by atoms with Crippen molar-refractivity contribution < 1.29 is 9.59 Å². The molecular weight excluding hydrogens is 478 g/mol. The lowest BCUT2D eigenvalue weighted by Gasteiger charge is -2.21. The molecule has 31 heavy (non-hydrogen) atoms. The van der Waals surface area contributed by atoms with Crippen LogP contribution in [0.3, 0.4) is 0 Å². The second-order valence-corrected chi connectivity index (χ2v) is 9.17. The first kappa shape index (κ1) is 23.0. The molecule has 0 saturated carbocycles. The van der Waals surface area contributed by atoms with Crippen LogP contribution in [0.2, 0.25) is 0 Å². The van der Waals surface area contributed by atoms with Gasteiger partial charge in [-0.1, -0.05) is 65.8 Å². The number of benzene rings is 2. The monoisotopic (exact) mass is 501 g/mol. The molecule has 0 aliphatic carbocycles. The van der Waals surface area contributed by atoms with Crippen LogP contribution in [0.25, 0.3) is 0 Å². The predicted octanol–water partition coefficient (Wildman–Crippen LogP) is 4.44. The van der Waals surface area contributed by atoms with E-state index in [4.69, 9.17) is 0 Å². The third kappa shape index (κ3) is 6.18. The lowest BCUT2D eigenvalue weighted by molar-refractivity contribution is -0.113. The molecule has 0 aliphatic heterocycles. The van der Waals surface area contributed by atoms with Gasteiger partial charge in [-0.2, -0.15) is 0 Å². The molecule has 9 heteroatoms. The maximum atomic E-state index is 12.6. The molecule has 7 nitrogen and oxygen atoms in total. The molecule has 1 heterocycles. The smallest absolute Gasteiger partial charge is 0.251 e. The van der Waals surface area contributed by atoms with Crippen LogP contribution in [-0.2, 0) is 11.8 Å². The van der Waals surface area contributed by atoms with Crippen molar-refractivity contribution in [1.29, 1.82) is 0 Å². The van der Waals surface area contributed by atoms with Crippen LogP contribution in [-0.4, -0.2) is 32.3 Å². The van der Waals surface area contributed by atoms with Crippen molar-refractivity contribution in [3.05, 3.63) is 70.5 Å². The molecule has 0 spiro atoms. The van der Waals surface area contributed by atoms with Gasteiger partial charge in [0.05, 0.1) is 11.8 Å². The van der Waals surface area contributed by atoms with E-state index >= 15 is 0 Å². The maximum absolute atomic E-state index is 12.6. The fourth-order valence-electron chi connectivity index (χ4n) is 2.96. The van der Waals surface area contributed by atoms with Gasteiger partial charge in [-0.3, -0.25) is 9.59 Å². The number of carbonyl (C=O) groups excluding carboxylic acids is 2. The summed E-state index contributed by atoms with van der Waals surface area (Å²) in [6.45, 7) is 4.03. The number of aromatic nitrogens is 3. The number of halogens is 1. The van der Waals surface area contributed by atoms with Gasteiger partial charge in [0.1, 0.15) is 0 Å². The number of thioether (sulfide) groups is 1. The molecule has 0 fully saturated rings.